The number of hydrogen-bond donors (Lipinski definition) is 1. The number of amides is 2. The van der Waals surface area contributed by atoms with E-state index in [1.54, 1.807) is 17.0 Å². The lowest BCUT2D eigenvalue weighted by molar-refractivity contribution is 0.0240. The molecule has 2 amide bonds. The van der Waals surface area contributed by atoms with Crippen LogP contribution in [0.3, 0.4) is 0 Å². The van der Waals surface area contributed by atoms with Crippen LogP contribution in [0.15, 0.2) is 18.2 Å². The molecule has 0 radical (unpaired) electrons. The summed E-state index contributed by atoms with van der Waals surface area (Å²) >= 11 is 0. The molecule has 3 rings (SSSR count). The predicted octanol–water partition coefficient (Wildman–Crippen LogP) is 2.20. The number of carbonyl (C=O) groups excluding carboxylic acids is 2. The number of cyclic esters (lactones) is 1. The summed E-state index contributed by atoms with van der Waals surface area (Å²) in [5.41, 5.74) is 0.246. The molecule has 28 heavy (non-hydrogen) atoms. The second kappa shape index (κ2) is 7.83. The van der Waals surface area contributed by atoms with Crippen molar-refractivity contribution in [2.45, 2.75) is 32.5 Å². The Morgan fingerprint density at radius 2 is 1.96 bits per heavy atom. The Bertz CT molecular complexity index is 744. The second-order valence-electron chi connectivity index (χ2n) is 7.89. The van der Waals surface area contributed by atoms with Gasteiger partial charge in [0.2, 0.25) is 0 Å². The highest BCUT2D eigenvalue weighted by Crippen LogP contribution is 2.28. The Labute approximate surface area is 163 Å². The first-order valence-electron chi connectivity index (χ1n) is 9.29. The fourth-order valence-corrected chi connectivity index (χ4v) is 3.20. The van der Waals surface area contributed by atoms with Gasteiger partial charge in [-0.2, -0.15) is 0 Å². The van der Waals surface area contributed by atoms with E-state index >= 15 is 0 Å². The van der Waals surface area contributed by atoms with Crippen molar-refractivity contribution in [3.63, 3.8) is 0 Å². The van der Waals surface area contributed by atoms with Crippen LogP contribution >= 0.6 is 0 Å². The van der Waals surface area contributed by atoms with E-state index < -0.39 is 23.6 Å². The van der Waals surface area contributed by atoms with Crippen molar-refractivity contribution < 1.29 is 28.6 Å². The first-order chi connectivity index (χ1) is 13.2. The maximum atomic E-state index is 14.7. The molecule has 0 bridgehead atoms. The molecular formula is C19H26FN3O5. The minimum Gasteiger partial charge on any atom is -0.444 e. The van der Waals surface area contributed by atoms with Crippen LogP contribution in [0.1, 0.15) is 20.8 Å². The Hall–Kier alpha value is -2.55. The zero-order valence-electron chi connectivity index (χ0n) is 16.4. The van der Waals surface area contributed by atoms with Gasteiger partial charge in [0.1, 0.15) is 17.5 Å². The SMILES string of the molecule is CC(C)(C)OC(=O)N1CCN(c2ccc(N3C[C@@H](CO)OC3=O)cc2F)CC1. The summed E-state index contributed by atoms with van der Waals surface area (Å²) in [7, 11) is 0. The number of ether oxygens (including phenoxy) is 2. The molecule has 0 unspecified atom stereocenters. The number of halogens is 1. The summed E-state index contributed by atoms with van der Waals surface area (Å²) in [6, 6.07) is 4.56. The minimum absolute atomic E-state index is 0.183. The number of anilines is 2. The number of benzene rings is 1. The minimum atomic E-state index is -0.601. The van der Waals surface area contributed by atoms with E-state index in [1.807, 2.05) is 25.7 Å². The van der Waals surface area contributed by atoms with E-state index in [4.69, 9.17) is 14.6 Å². The number of aliphatic hydroxyl groups is 1. The van der Waals surface area contributed by atoms with Crippen molar-refractivity contribution in [2.24, 2.45) is 0 Å². The number of rotatable bonds is 3. The number of nitrogens with zero attached hydrogens (tertiary/aromatic N) is 3. The Balaban J connectivity index is 1.63. The van der Waals surface area contributed by atoms with Crippen molar-refractivity contribution in [1.82, 2.24) is 4.90 Å². The third-order valence-electron chi connectivity index (χ3n) is 4.59. The summed E-state index contributed by atoms with van der Waals surface area (Å²) < 4.78 is 25.1. The summed E-state index contributed by atoms with van der Waals surface area (Å²) in [6.07, 6.45) is -1.57. The largest absolute Gasteiger partial charge is 0.444 e. The average Bonchev–Trinajstić information content (AvgIpc) is 3.01. The number of hydrogen-bond acceptors (Lipinski definition) is 6. The van der Waals surface area contributed by atoms with Crippen LogP contribution in [0.4, 0.5) is 25.4 Å². The van der Waals surface area contributed by atoms with Gasteiger partial charge in [-0.05, 0) is 39.0 Å². The average molecular weight is 395 g/mol. The van der Waals surface area contributed by atoms with E-state index in [2.05, 4.69) is 0 Å². The van der Waals surface area contributed by atoms with Crippen LogP contribution in [0, 0.1) is 5.82 Å². The molecule has 9 heteroatoms. The van der Waals surface area contributed by atoms with Crippen molar-refractivity contribution >= 4 is 23.6 Å². The quantitative estimate of drug-likeness (QED) is 0.845. The first-order valence-corrected chi connectivity index (χ1v) is 9.29. The molecule has 2 fully saturated rings. The van der Waals surface area contributed by atoms with Gasteiger partial charge in [-0.1, -0.05) is 0 Å². The highest BCUT2D eigenvalue weighted by Gasteiger charge is 2.33. The molecule has 1 atom stereocenters. The molecule has 0 spiro atoms. The highest BCUT2D eigenvalue weighted by molar-refractivity contribution is 5.90. The molecule has 0 saturated carbocycles. The van der Waals surface area contributed by atoms with E-state index in [0.29, 0.717) is 37.6 Å². The molecule has 2 heterocycles. The van der Waals surface area contributed by atoms with Crippen LogP contribution in [0.2, 0.25) is 0 Å². The van der Waals surface area contributed by atoms with Crippen LogP contribution < -0.4 is 9.80 Å². The van der Waals surface area contributed by atoms with Crippen LogP contribution in [-0.4, -0.2) is 73.2 Å². The molecule has 2 aliphatic heterocycles. The maximum Gasteiger partial charge on any atom is 0.414 e. The van der Waals surface area contributed by atoms with Crippen LogP contribution in [0.5, 0.6) is 0 Å². The lowest BCUT2D eigenvalue weighted by atomic mass is 10.2. The zero-order valence-corrected chi connectivity index (χ0v) is 16.4. The van der Waals surface area contributed by atoms with E-state index in [1.165, 1.54) is 11.0 Å². The van der Waals surface area contributed by atoms with E-state index in [-0.39, 0.29) is 19.2 Å². The van der Waals surface area contributed by atoms with Gasteiger partial charge in [-0.15, -0.1) is 0 Å². The molecule has 2 saturated heterocycles. The standard InChI is InChI=1S/C19H26FN3O5/c1-19(2,3)28-17(25)22-8-6-21(7-9-22)16-5-4-13(10-15(16)20)23-11-14(12-24)27-18(23)26/h4-5,10,14,24H,6-9,11-12H2,1-3H3/t14-/m0/s1. The summed E-state index contributed by atoms with van der Waals surface area (Å²) in [5, 5.41) is 9.12. The lowest BCUT2D eigenvalue weighted by Crippen LogP contribution is -2.50. The molecule has 0 aliphatic carbocycles. The zero-order chi connectivity index (χ0) is 20.5. The van der Waals surface area contributed by atoms with Gasteiger partial charge in [0.05, 0.1) is 24.5 Å². The lowest BCUT2D eigenvalue weighted by Gasteiger charge is -2.37. The molecule has 1 N–H and O–H groups in total. The van der Waals surface area contributed by atoms with Gasteiger partial charge in [-0.25, -0.2) is 14.0 Å². The van der Waals surface area contributed by atoms with E-state index in [0.717, 1.165) is 0 Å². The number of piperazine rings is 1. The molecule has 2 aliphatic rings. The molecular weight excluding hydrogens is 369 g/mol. The predicted molar refractivity (Wildman–Crippen MR) is 101 cm³/mol. The molecule has 154 valence electrons. The smallest absolute Gasteiger partial charge is 0.414 e. The Kier molecular flexibility index (Phi) is 5.64. The monoisotopic (exact) mass is 395 g/mol. The number of aliphatic hydroxyl groups excluding tert-OH is 1. The Morgan fingerprint density at radius 1 is 1.29 bits per heavy atom. The summed E-state index contributed by atoms with van der Waals surface area (Å²) in [4.78, 5) is 28.8. The van der Waals surface area contributed by atoms with Gasteiger partial charge in [-0.3, -0.25) is 4.90 Å². The van der Waals surface area contributed by atoms with Crippen molar-refractivity contribution in [3.05, 3.63) is 24.0 Å². The topological polar surface area (TPSA) is 82.6 Å². The molecule has 1 aromatic rings. The second-order valence-corrected chi connectivity index (χ2v) is 7.89. The first kappa shape index (κ1) is 20.2. The van der Waals surface area contributed by atoms with Gasteiger partial charge in [0, 0.05) is 26.2 Å². The molecule has 1 aromatic carbocycles. The van der Waals surface area contributed by atoms with Gasteiger partial charge < -0.3 is 24.4 Å². The molecule has 0 aromatic heterocycles. The number of carbonyl (C=O) groups is 2. The maximum absolute atomic E-state index is 14.7. The van der Waals surface area contributed by atoms with E-state index in [9.17, 15) is 14.0 Å². The van der Waals surface area contributed by atoms with Crippen molar-refractivity contribution in [2.75, 3.05) is 49.1 Å². The summed E-state index contributed by atoms with van der Waals surface area (Å²) in [5.74, 6) is -0.455. The molecule has 8 nitrogen and oxygen atoms in total. The van der Waals surface area contributed by atoms with Crippen LogP contribution in [-0.2, 0) is 9.47 Å². The van der Waals surface area contributed by atoms with Crippen LogP contribution in [0.25, 0.3) is 0 Å². The van der Waals surface area contributed by atoms with Gasteiger partial charge >= 0.3 is 12.2 Å². The van der Waals surface area contributed by atoms with Gasteiger partial charge in [0.15, 0.2) is 0 Å². The van der Waals surface area contributed by atoms with Gasteiger partial charge in [0.25, 0.3) is 0 Å². The Morgan fingerprint density at radius 3 is 2.50 bits per heavy atom. The summed E-state index contributed by atoms with van der Waals surface area (Å²) in [6.45, 7) is 7.19. The fraction of sp³-hybridized carbons (Fsp3) is 0.579. The third kappa shape index (κ3) is 4.46. The van der Waals surface area contributed by atoms with Crippen molar-refractivity contribution in [3.8, 4) is 0 Å². The van der Waals surface area contributed by atoms with Crippen molar-refractivity contribution in [1.29, 1.82) is 0 Å². The highest BCUT2D eigenvalue weighted by atomic mass is 19.1. The fourth-order valence-electron chi connectivity index (χ4n) is 3.20. The third-order valence-corrected chi connectivity index (χ3v) is 4.59. The normalized spacial score (nSPS) is 20.4.